The Balaban J connectivity index is 1.79. The zero-order valence-electron chi connectivity index (χ0n) is 10.8. The smallest absolute Gasteiger partial charge is 0.155 e. The van der Waals surface area contributed by atoms with Crippen molar-refractivity contribution in [3.8, 4) is 0 Å². The molecule has 94 valence electrons. The summed E-state index contributed by atoms with van der Waals surface area (Å²) < 4.78 is 0. The Kier molecular flexibility index (Phi) is 3.31. The lowest BCUT2D eigenvalue weighted by Gasteiger charge is -2.35. The summed E-state index contributed by atoms with van der Waals surface area (Å²) in [7, 11) is 0. The van der Waals surface area contributed by atoms with Crippen LogP contribution in [0, 0.1) is 11.8 Å². The zero-order chi connectivity index (χ0) is 12.4. The van der Waals surface area contributed by atoms with E-state index < -0.39 is 0 Å². The number of hydrogen-bond acceptors (Lipinski definition) is 1. The lowest BCUT2D eigenvalue weighted by atomic mass is 9.69. The number of carbonyl (C=O) groups excluding carboxylic acids is 1. The first-order valence-corrected chi connectivity index (χ1v) is 7.10. The van der Waals surface area contributed by atoms with Crippen LogP contribution in [-0.4, -0.2) is 5.78 Å². The van der Waals surface area contributed by atoms with Crippen LogP contribution in [0.15, 0.2) is 42.0 Å². The molecule has 1 aromatic carbocycles. The Morgan fingerprint density at radius 3 is 2.78 bits per heavy atom. The Bertz CT molecular complexity index is 458. The molecule has 0 aliphatic heterocycles. The zero-order valence-corrected chi connectivity index (χ0v) is 10.8. The Hall–Kier alpha value is -1.37. The van der Waals surface area contributed by atoms with Crippen LogP contribution >= 0.6 is 0 Å². The first kappa shape index (κ1) is 11.7. The number of ketones is 1. The second kappa shape index (κ2) is 5.09. The van der Waals surface area contributed by atoms with E-state index in [0.29, 0.717) is 17.6 Å². The maximum Gasteiger partial charge on any atom is 0.155 e. The molecule has 0 saturated heterocycles. The average Bonchev–Trinajstić information content (AvgIpc) is 2.40. The molecule has 1 fully saturated rings. The van der Waals surface area contributed by atoms with Crippen molar-refractivity contribution in [3.63, 3.8) is 0 Å². The highest BCUT2D eigenvalue weighted by molar-refractivity contribution is 5.91. The highest BCUT2D eigenvalue weighted by atomic mass is 16.1. The van der Waals surface area contributed by atoms with Gasteiger partial charge in [-0.3, -0.25) is 4.79 Å². The molecule has 3 rings (SSSR count). The maximum atomic E-state index is 11.8. The number of rotatable bonds is 2. The van der Waals surface area contributed by atoms with Crippen molar-refractivity contribution in [1.29, 1.82) is 0 Å². The van der Waals surface area contributed by atoms with Gasteiger partial charge in [0, 0.05) is 6.42 Å². The molecule has 0 amide bonds. The Morgan fingerprint density at radius 1 is 1.11 bits per heavy atom. The van der Waals surface area contributed by atoms with Crippen molar-refractivity contribution in [2.45, 2.75) is 38.5 Å². The predicted octanol–water partition coefficient (Wildman–Crippen LogP) is 3.93. The summed E-state index contributed by atoms with van der Waals surface area (Å²) in [6, 6.07) is 10.6. The number of allylic oxidation sites excluding steroid dienone is 2. The molecule has 0 aromatic heterocycles. The van der Waals surface area contributed by atoms with Gasteiger partial charge < -0.3 is 0 Å². The van der Waals surface area contributed by atoms with Crippen LogP contribution in [0.4, 0.5) is 0 Å². The molecule has 1 heteroatoms. The van der Waals surface area contributed by atoms with E-state index in [-0.39, 0.29) is 0 Å². The van der Waals surface area contributed by atoms with Crippen molar-refractivity contribution in [3.05, 3.63) is 47.5 Å². The minimum Gasteiger partial charge on any atom is -0.295 e. The van der Waals surface area contributed by atoms with Crippen molar-refractivity contribution in [2.75, 3.05) is 0 Å². The van der Waals surface area contributed by atoms with E-state index in [4.69, 9.17) is 0 Å². The molecule has 1 aromatic rings. The molecule has 1 nitrogen and oxygen atoms in total. The summed E-state index contributed by atoms with van der Waals surface area (Å²) in [6.07, 6.45) is 8.82. The quantitative estimate of drug-likeness (QED) is 0.765. The third-order valence-electron chi connectivity index (χ3n) is 4.43. The van der Waals surface area contributed by atoms with Gasteiger partial charge in [-0.15, -0.1) is 0 Å². The predicted molar refractivity (Wildman–Crippen MR) is 73.3 cm³/mol. The number of benzene rings is 1. The topological polar surface area (TPSA) is 17.1 Å². The highest BCUT2D eigenvalue weighted by Crippen LogP contribution is 2.40. The molecule has 2 unspecified atom stereocenters. The fourth-order valence-corrected chi connectivity index (χ4v) is 3.58. The van der Waals surface area contributed by atoms with Crippen LogP contribution in [0.25, 0.3) is 0 Å². The Labute approximate surface area is 109 Å². The molecule has 2 aliphatic carbocycles. The van der Waals surface area contributed by atoms with Gasteiger partial charge in [-0.25, -0.2) is 0 Å². The third-order valence-corrected chi connectivity index (χ3v) is 4.43. The van der Waals surface area contributed by atoms with Gasteiger partial charge in [-0.2, -0.15) is 0 Å². The van der Waals surface area contributed by atoms with Crippen LogP contribution in [0.5, 0.6) is 0 Å². The highest BCUT2D eigenvalue weighted by Gasteiger charge is 2.32. The van der Waals surface area contributed by atoms with Gasteiger partial charge in [0.1, 0.15) is 0 Å². The molecule has 0 radical (unpaired) electrons. The minimum atomic E-state index is 0.351. The fraction of sp³-hybridized carbons (Fsp3) is 0.471. The van der Waals surface area contributed by atoms with E-state index in [1.807, 2.05) is 6.08 Å². The molecule has 1 saturated carbocycles. The first-order valence-electron chi connectivity index (χ1n) is 7.10. The van der Waals surface area contributed by atoms with E-state index in [2.05, 4.69) is 30.3 Å². The first-order chi connectivity index (χ1) is 8.83. The van der Waals surface area contributed by atoms with Gasteiger partial charge in [0.15, 0.2) is 5.78 Å². The number of hydrogen-bond donors (Lipinski definition) is 0. The fourth-order valence-electron chi connectivity index (χ4n) is 3.58. The van der Waals surface area contributed by atoms with E-state index >= 15 is 0 Å². The van der Waals surface area contributed by atoms with E-state index in [0.717, 1.165) is 19.3 Å². The van der Waals surface area contributed by atoms with Crippen molar-refractivity contribution in [2.24, 2.45) is 11.8 Å². The van der Waals surface area contributed by atoms with Gasteiger partial charge in [0.25, 0.3) is 0 Å². The largest absolute Gasteiger partial charge is 0.295 e. The second-order valence-electron chi connectivity index (χ2n) is 5.69. The van der Waals surface area contributed by atoms with Gasteiger partial charge >= 0.3 is 0 Å². The Morgan fingerprint density at radius 2 is 1.94 bits per heavy atom. The monoisotopic (exact) mass is 240 g/mol. The molecule has 2 atom stereocenters. The SMILES string of the molecule is O=C1C=C2CCCCC2C(Cc2ccccc2)C1. The molecule has 0 heterocycles. The van der Waals surface area contributed by atoms with Crippen LogP contribution in [-0.2, 0) is 11.2 Å². The van der Waals surface area contributed by atoms with Crippen LogP contribution in [0.3, 0.4) is 0 Å². The normalized spacial score (nSPS) is 27.6. The van der Waals surface area contributed by atoms with Gasteiger partial charge in [0.05, 0.1) is 0 Å². The van der Waals surface area contributed by atoms with E-state index in [1.165, 1.54) is 30.4 Å². The molecule has 0 bridgehead atoms. The summed E-state index contributed by atoms with van der Waals surface area (Å²) in [5.74, 6) is 1.57. The van der Waals surface area contributed by atoms with E-state index in [1.54, 1.807) is 0 Å². The molecular formula is C17H20O. The second-order valence-corrected chi connectivity index (χ2v) is 5.69. The summed E-state index contributed by atoms with van der Waals surface area (Å²) >= 11 is 0. The molecule has 0 N–H and O–H groups in total. The van der Waals surface area contributed by atoms with Crippen molar-refractivity contribution < 1.29 is 4.79 Å². The third kappa shape index (κ3) is 2.40. The van der Waals surface area contributed by atoms with Crippen LogP contribution in [0.2, 0.25) is 0 Å². The van der Waals surface area contributed by atoms with E-state index in [9.17, 15) is 4.79 Å². The summed E-state index contributed by atoms with van der Waals surface area (Å²) in [5, 5.41) is 0. The number of carbonyl (C=O) groups is 1. The molecule has 18 heavy (non-hydrogen) atoms. The molecule has 2 aliphatic rings. The summed E-state index contributed by atoms with van der Waals surface area (Å²) in [6.45, 7) is 0. The standard InChI is InChI=1S/C17H20O/c18-16-11-14-8-4-5-9-17(14)15(12-16)10-13-6-2-1-3-7-13/h1-3,6-7,11,15,17H,4-5,8-10,12H2. The van der Waals surface area contributed by atoms with Crippen molar-refractivity contribution >= 4 is 5.78 Å². The average molecular weight is 240 g/mol. The lowest BCUT2D eigenvalue weighted by Crippen LogP contribution is -2.28. The number of fused-ring (bicyclic) bond motifs is 1. The van der Waals surface area contributed by atoms with Gasteiger partial charge in [0.2, 0.25) is 0 Å². The van der Waals surface area contributed by atoms with Gasteiger partial charge in [-0.05, 0) is 49.2 Å². The van der Waals surface area contributed by atoms with Crippen LogP contribution in [0.1, 0.15) is 37.7 Å². The minimum absolute atomic E-state index is 0.351. The van der Waals surface area contributed by atoms with Gasteiger partial charge in [-0.1, -0.05) is 42.3 Å². The molecular weight excluding hydrogens is 220 g/mol. The van der Waals surface area contributed by atoms with Crippen LogP contribution < -0.4 is 0 Å². The van der Waals surface area contributed by atoms with Crippen molar-refractivity contribution in [1.82, 2.24) is 0 Å². The maximum absolute atomic E-state index is 11.8. The lowest BCUT2D eigenvalue weighted by molar-refractivity contribution is -0.116. The summed E-state index contributed by atoms with van der Waals surface area (Å²) in [4.78, 5) is 11.8. The molecule has 0 spiro atoms. The summed E-state index contributed by atoms with van der Waals surface area (Å²) in [5.41, 5.74) is 2.82.